The van der Waals surface area contributed by atoms with Crippen LogP contribution in [-0.4, -0.2) is 11.0 Å². The summed E-state index contributed by atoms with van der Waals surface area (Å²) in [6.07, 6.45) is 5.09. The van der Waals surface area contributed by atoms with Crippen molar-refractivity contribution in [2.75, 3.05) is 5.32 Å². The number of nitrogens with one attached hydrogen (secondary N) is 1. The summed E-state index contributed by atoms with van der Waals surface area (Å²) < 4.78 is 2.12. The number of anilines is 1. The van der Waals surface area contributed by atoms with Crippen molar-refractivity contribution in [1.82, 2.24) is 4.98 Å². The minimum Gasteiger partial charge on any atom is -0.379 e. The zero-order chi connectivity index (χ0) is 19.4. The van der Waals surface area contributed by atoms with Crippen LogP contribution in [0, 0.1) is 5.41 Å². The molecule has 1 saturated carbocycles. The Hall–Kier alpha value is -0.660. The fourth-order valence-electron chi connectivity index (χ4n) is 3.10. The Labute approximate surface area is 182 Å². The largest absolute Gasteiger partial charge is 0.379 e. The molecule has 0 aromatic carbocycles. The van der Waals surface area contributed by atoms with Crippen LogP contribution in [0.4, 0.5) is 5.69 Å². The van der Waals surface area contributed by atoms with E-state index in [4.69, 9.17) is 17.3 Å². The fraction of sp³-hybridized carbons (Fsp3) is 0.450. The van der Waals surface area contributed by atoms with Gasteiger partial charge in [-0.25, -0.2) is 4.98 Å². The first-order chi connectivity index (χ1) is 12.8. The van der Waals surface area contributed by atoms with Gasteiger partial charge in [0.1, 0.15) is 5.15 Å². The van der Waals surface area contributed by atoms with E-state index in [1.807, 2.05) is 11.4 Å². The van der Waals surface area contributed by atoms with Crippen LogP contribution in [0.5, 0.6) is 0 Å². The lowest BCUT2D eigenvalue weighted by atomic mass is 9.76. The molecule has 0 saturated heterocycles. The Morgan fingerprint density at radius 3 is 2.70 bits per heavy atom. The van der Waals surface area contributed by atoms with Crippen LogP contribution >= 0.6 is 50.2 Å². The molecule has 3 heterocycles. The molecule has 4 rings (SSSR count). The molecule has 3 N–H and O–H groups in total. The number of thiophene rings is 2. The van der Waals surface area contributed by atoms with E-state index in [2.05, 4.69) is 57.6 Å². The molecular formula is C20H25BrClN3S2. The summed E-state index contributed by atoms with van der Waals surface area (Å²) in [5.41, 5.74) is 8.29. The lowest BCUT2D eigenvalue weighted by Gasteiger charge is -2.32. The maximum atomic E-state index is 6.05. The molecule has 0 aliphatic heterocycles. The van der Waals surface area contributed by atoms with Gasteiger partial charge in [0.05, 0.1) is 20.4 Å². The molecule has 7 heteroatoms. The van der Waals surface area contributed by atoms with Gasteiger partial charge >= 0.3 is 0 Å². The van der Waals surface area contributed by atoms with Crippen LogP contribution in [0.15, 0.2) is 33.4 Å². The predicted molar refractivity (Wildman–Crippen MR) is 124 cm³/mol. The van der Waals surface area contributed by atoms with Gasteiger partial charge in [0.2, 0.25) is 0 Å². The van der Waals surface area contributed by atoms with Crippen molar-refractivity contribution in [2.24, 2.45) is 11.1 Å². The first-order valence-corrected chi connectivity index (χ1v) is 12.0. The summed E-state index contributed by atoms with van der Waals surface area (Å²) in [7, 11) is 0. The summed E-state index contributed by atoms with van der Waals surface area (Å²) in [5.74, 6) is 0. The van der Waals surface area contributed by atoms with Crippen molar-refractivity contribution in [1.29, 1.82) is 0 Å². The van der Waals surface area contributed by atoms with E-state index in [0.717, 1.165) is 26.9 Å². The number of pyridine rings is 1. The molecule has 1 aliphatic rings. The Morgan fingerprint density at radius 1 is 1.33 bits per heavy atom. The minimum absolute atomic E-state index is 0.498. The molecule has 1 aliphatic carbocycles. The van der Waals surface area contributed by atoms with E-state index >= 15 is 0 Å². The molecular weight excluding hydrogens is 462 g/mol. The number of hydrogen-bond acceptors (Lipinski definition) is 5. The number of halogens is 2. The number of nitrogens with two attached hydrogens (primary N) is 1. The first kappa shape index (κ1) is 21.1. The van der Waals surface area contributed by atoms with Crippen LogP contribution in [0.3, 0.4) is 0 Å². The monoisotopic (exact) mass is 485 g/mol. The third kappa shape index (κ3) is 5.91. The second kappa shape index (κ2) is 9.23. The summed E-state index contributed by atoms with van der Waals surface area (Å²) in [5, 5.41) is 8.04. The minimum atomic E-state index is 0.498. The van der Waals surface area contributed by atoms with Gasteiger partial charge in [0.15, 0.2) is 0 Å². The molecule has 0 radical (unpaired) electrons. The van der Waals surface area contributed by atoms with E-state index in [9.17, 15) is 0 Å². The highest BCUT2D eigenvalue weighted by Crippen LogP contribution is 2.36. The highest BCUT2D eigenvalue weighted by molar-refractivity contribution is 9.10. The smallest absolute Gasteiger partial charge is 0.131 e. The van der Waals surface area contributed by atoms with Gasteiger partial charge in [-0.05, 0) is 58.5 Å². The molecule has 0 bridgehead atoms. The van der Waals surface area contributed by atoms with E-state index < -0.39 is 0 Å². The molecule has 3 aromatic heterocycles. The molecule has 1 fully saturated rings. The van der Waals surface area contributed by atoms with Gasteiger partial charge in [0.25, 0.3) is 0 Å². The summed E-state index contributed by atoms with van der Waals surface area (Å²) in [4.78, 5) is 5.63. The molecule has 3 aromatic rings. The van der Waals surface area contributed by atoms with Gasteiger partial charge in [0, 0.05) is 28.9 Å². The fourth-order valence-corrected chi connectivity index (χ4v) is 5.49. The number of fused-ring (bicyclic) bond motifs is 1. The average Bonchev–Trinajstić information content (AvgIpc) is 3.27. The summed E-state index contributed by atoms with van der Waals surface area (Å²) in [6.45, 7) is 5.47. The van der Waals surface area contributed by atoms with Crippen LogP contribution in [0.1, 0.15) is 44.4 Å². The third-order valence-electron chi connectivity index (χ3n) is 4.87. The third-order valence-corrected chi connectivity index (χ3v) is 7.85. The van der Waals surface area contributed by atoms with Crippen LogP contribution in [-0.2, 0) is 6.54 Å². The van der Waals surface area contributed by atoms with Crippen molar-refractivity contribution in [3.63, 3.8) is 0 Å². The van der Waals surface area contributed by atoms with Gasteiger partial charge in [-0.15, -0.1) is 22.7 Å². The molecule has 146 valence electrons. The van der Waals surface area contributed by atoms with Gasteiger partial charge in [-0.2, -0.15) is 0 Å². The van der Waals surface area contributed by atoms with Crippen LogP contribution in [0.2, 0.25) is 5.15 Å². The zero-order valence-electron chi connectivity index (χ0n) is 15.6. The first-order valence-electron chi connectivity index (χ1n) is 9.09. The highest BCUT2D eigenvalue weighted by Gasteiger charge is 2.24. The van der Waals surface area contributed by atoms with E-state index in [0.29, 0.717) is 16.6 Å². The van der Waals surface area contributed by atoms with Crippen molar-refractivity contribution >= 4 is 66.1 Å². The average molecular weight is 487 g/mol. The second-order valence-electron chi connectivity index (χ2n) is 7.69. The van der Waals surface area contributed by atoms with Gasteiger partial charge in [-0.1, -0.05) is 31.5 Å². The Morgan fingerprint density at radius 2 is 2.07 bits per heavy atom. The molecule has 27 heavy (non-hydrogen) atoms. The molecule has 0 spiro atoms. The number of rotatable bonds is 3. The second-order valence-corrected chi connectivity index (χ2v) is 10.8. The quantitative estimate of drug-likeness (QED) is 0.382. The van der Waals surface area contributed by atoms with Crippen LogP contribution in [0.25, 0.3) is 10.2 Å². The number of aromatic nitrogens is 1. The predicted octanol–water partition coefficient (Wildman–Crippen LogP) is 7.30. The normalized spacial score (nSPS) is 16.8. The number of hydrogen-bond donors (Lipinski definition) is 2. The SMILES string of the molecule is CC1(C)CCC(N)CC1.Clc1cc(NCc2cccs2)c2scc(Br)c2n1. The number of nitrogens with zero attached hydrogens (tertiary/aromatic N) is 1. The van der Waals surface area contributed by atoms with Gasteiger partial charge in [-0.3, -0.25) is 0 Å². The molecule has 0 amide bonds. The molecule has 0 atom stereocenters. The van der Waals surface area contributed by atoms with Crippen molar-refractivity contribution < 1.29 is 0 Å². The highest BCUT2D eigenvalue weighted by atomic mass is 79.9. The lowest BCUT2D eigenvalue weighted by molar-refractivity contribution is 0.225. The standard InChI is InChI=1S/C12H8BrClN2S2.C8H17N/c13-8-6-18-12-9(4-10(14)16-11(8)12)15-5-7-2-1-3-17-7;1-8(2)5-3-7(9)4-6-8/h1-4,6H,5H2,(H,15,16);7H,3-6,9H2,1-2H3. The maximum absolute atomic E-state index is 6.05. The zero-order valence-corrected chi connectivity index (χ0v) is 19.6. The summed E-state index contributed by atoms with van der Waals surface area (Å²) in [6, 6.07) is 6.54. The molecule has 3 nitrogen and oxygen atoms in total. The van der Waals surface area contributed by atoms with Crippen molar-refractivity contribution in [2.45, 2.75) is 52.1 Å². The van der Waals surface area contributed by atoms with Crippen LogP contribution < -0.4 is 11.1 Å². The van der Waals surface area contributed by atoms with Crippen molar-refractivity contribution in [3.05, 3.63) is 43.5 Å². The van der Waals surface area contributed by atoms with Crippen molar-refractivity contribution in [3.8, 4) is 0 Å². The molecule has 0 unspecified atom stereocenters. The van der Waals surface area contributed by atoms with E-state index in [1.165, 1.54) is 30.6 Å². The Kier molecular flexibility index (Phi) is 7.20. The lowest BCUT2D eigenvalue weighted by Crippen LogP contribution is -2.30. The Bertz CT molecular complexity index is 867. The summed E-state index contributed by atoms with van der Waals surface area (Å²) >= 11 is 12.9. The Balaban J connectivity index is 0.000000197. The van der Waals surface area contributed by atoms with E-state index in [-0.39, 0.29) is 0 Å². The topological polar surface area (TPSA) is 50.9 Å². The van der Waals surface area contributed by atoms with Gasteiger partial charge < -0.3 is 11.1 Å². The maximum Gasteiger partial charge on any atom is 0.131 e. The van der Waals surface area contributed by atoms with E-state index in [1.54, 1.807) is 22.7 Å².